The van der Waals surface area contributed by atoms with Gasteiger partial charge in [0.2, 0.25) is 0 Å². The predicted molar refractivity (Wildman–Crippen MR) is 68.4 cm³/mol. The number of aromatic nitrogens is 2. The minimum Gasteiger partial charge on any atom is -0.383 e. The monoisotopic (exact) mass is 248 g/mol. The van der Waals surface area contributed by atoms with Crippen molar-refractivity contribution in [1.82, 2.24) is 15.1 Å². The molecule has 0 bridgehead atoms. The number of hydrogen-bond donors (Lipinski definition) is 2. The van der Waals surface area contributed by atoms with Crippen molar-refractivity contribution in [2.24, 2.45) is 0 Å². The van der Waals surface area contributed by atoms with E-state index in [9.17, 15) is 0 Å². The lowest BCUT2D eigenvalue weighted by Gasteiger charge is -2.10. The average Bonchev–Trinajstić information content (AvgIpc) is 2.68. The van der Waals surface area contributed by atoms with E-state index in [0.717, 1.165) is 36.5 Å². The number of nitrogens with two attached hydrogens (primary N) is 1. The molecule has 1 aliphatic heterocycles. The van der Waals surface area contributed by atoms with E-state index >= 15 is 0 Å². The molecule has 4 nitrogen and oxygen atoms in total. The molecule has 0 aliphatic carbocycles. The third kappa shape index (κ3) is 1.69. The highest BCUT2D eigenvalue weighted by Gasteiger charge is 2.19. The maximum atomic E-state index is 6.16. The van der Waals surface area contributed by atoms with Crippen LogP contribution in [0.4, 0.5) is 5.82 Å². The molecule has 1 aliphatic rings. The minimum absolute atomic E-state index is 0.659. The number of anilines is 1. The Bertz CT molecular complexity index is 562. The van der Waals surface area contributed by atoms with Crippen LogP contribution in [-0.2, 0) is 13.0 Å². The molecule has 0 atom stereocenters. The van der Waals surface area contributed by atoms with Gasteiger partial charge in [-0.2, -0.15) is 5.10 Å². The highest BCUT2D eigenvalue weighted by molar-refractivity contribution is 6.32. The summed E-state index contributed by atoms with van der Waals surface area (Å²) in [6.07, 6.45) is 0.914. The molecule has 1 aromatic carbocycles. The number of rotatable bonds is 1. The fraction of sp³-hybridized carbons (Fsp3) is 0.250. The van der Waals surface area contributed by atoms with Gasteiger partial charge in [-0.25, -0.2) is 4.68 Å². The van der Waals surface area contributed by atoms with Crippen LogP contribution >= 0.6 is 11.6 Å². The van der Waals surface area contributed by atoms with E-state index in [4.69, 9.17) is 17.3 Å². The van der Waals surface area contributed by atoms with Gasteiger partial charge in [0.05, 0.1) is 16.4 Å². The molecule has 17 heavy (non-hydrogen) atoms. The molecule has 5 heteroatoms. The molecule has 0 saturated carbocycles. The molecule has 3 N–H and O–H groups in total. The van der Waals surface area contributed by atoms with Gasteiger partial charge in [-0.1, -0.05) is 23.7 Å². The van der Waals surface area contributed by atoms with Crippen LogP contribution < -0.4 is 11.1 Å². The van der Waals surface area contributed by atoms with E-state index in [1.807, 2.05) is 24.3 Å². The number of fused-ring (bicyclic) bond motifs is 1. The van der Waals surface area contributed by atoms with Crippen LogP contribution in [0, 0.1) is 0 Å². The molecule has 1 aromatic heterocycles. The summed E-state index contributed by atoms with van der Waals surface area (Å²) in [6, 6.07) is 7.59. The molecular weight excluding hydrogens is 236 g/mol. The average molecular weight is 249 g/mol. The highest BCUT2D eigenvalue weighted by atomic mass is 35.5. The number of para-hydroxylation sites is 1. The Morgan fingerprint density at radius 2 is 2.18 bits per heavy atom. The van der Waals surface area contributed by atoms with Crippen LogP contribution in [0.15, 0.2) is 24.3 Å². The molecule has 2 aromatic rings. The fourth-order valence-corrected chi connectivity index (χ4v) is 2.35. The lowest BCUT2D eigenvalue weighted by molar-refractivity contribution is 0.636. The first-order valence-electron chi connectivity index (χ1n) is 5.59. The second kappa shape index (κ2) is 4.05. The molecular formula is C12H13ClN4. The fourth-order valence-electron chi connectivity index (χ4n) is 2.13. The second-order valence-corrected chi connectivity index (χ2v) is 4.51. The van der Waals surface area contributed by atoms with Crippen molar-refractivity contribution in [1.29, 1.82) is 0 Å². The molecule has 0 radical (unpaired) electrons. The summed E-state index contributed by atoms with van der Waals surface area (Å²) >= 11 is 6.16. The molecule has 0 fully saturated rings. The standard InChI is InChI=1S/C12H13ClN4/c13-9-3-1-2-4-11(9)17-12(14)8-7-15-6-5-10(8)16-17/h1-4,15H,5-7,14H2. The minimum atomic E-state index is 0.659. The van der Waals surface area contributed by atoms with E-state index in [2.05, 4.69) is 10.4 Å². The molecule has 0 spiro atoms. The maximum Gasteiger partial charge on any atom is 0.132 e. The SMILES string of the molecule is Nc1c2c(nn1-c1ccccc1Cl)CCNC2. The predicted octanol–water partition coefficient (Wildman–Crippen LogP) is 1.75. The lowest BCUT2D eigenvalue weighted by atomic mass is 10.1. The van der Waals surface area contributed by atoms with Gasteiger partial charge in [0, 0.05) is 25.1 Å². The van der Waals surface area contributed by atoms with E-state index in [0.29, 0.717) is 10.8 Å². The van der Waals surface area contributed by atoms with Crippen molar-refractivity contribution in [2.45, 2.75) is 13.0 Å². The number of nitrogen functional groups attached to an aromatic ring is 1. The summed E-state index contributed by atoms with van der Waals surface area (Å²) in [6.45, 7) is 1.73. The zero-order valence-electron chi connectivity index (χ0n) is 9.28. The zero-order valence-corrected chi connectivity index (χ0v) is 10.0. The van der Waals surface area contributed by atoms with Crippen molar-refractivity contribution >= 4 is 17.4 Å². The Morgan fingerprint density at radius 1 is 1.35 bits per heavy atom. The highest BCUT2D eigenvalue weighted by Crippen LogP contribution is 2.27. The first-order chi connectivity index (χ1) is 8.27. The number of halogens is 1. The van der Waals surface area contributed by atoms with Crippen molar-refractivity contribution in [3.63, 3.8) is 0 Å². The van der Waals surface area contributed by atoms with Crippen LogP contribution in [0.3, 0.4) is 0 Å². The van der Waals surface area contributed by atoms with Crippen LogP contribution in [0.1, 0.15) is 11.3 Å². The summed E-state index contributed by atoms with van der Waals surface area (Å²) in [4.78, 5) is 0. The van der Waals surface area contributed by atoms with Gasteiger partial charge < -0.3 is 11.1 Å². The molecule has 88 valence electrons. The lowest BCUT2D eigenvalue weighted by Crippen LogP contribution is -2.23. The maximum absolute atomic E-state index is 6.16. The third-order valence-corrected chi connectivity index (χ3v) is 3.35. The Labute approximate surface area is 104 Å². The largest absolute Gasteiger partial charge is 0.383 e. The second-order valence-electron chi connectivity index (χ2n) is 4.10. The zero-order chi connectivity index (χ0) is 11.8. The van der Waals surface area contributed by atoms with Gasteiger partial charge in [-0.05, 0) is 12.1 Å². The van der Waals surface area contributed by atoms with Gasteiger partial charge >= 0.3 is 0 Å². The van der Waals surface area contributed by atoms with E-state index in [-0.39, 0.29) is 0 Å². The van der Waals surface area contributed by atoms with E-state index in [1.54, 1.807) is 4.68 Å². The molecule has 2 heterocycles. The topological polar surface area (TPSA) is 55.9 Å². The quantitative estimate of drug-likeness (QED) is 0.809. The van der Waals surface area contributed by atoms with Crippen molar-refractivity contribution in [3.05, 3.63) is 40.5 Å². The van der Waals surface area contributed by atoms with Crippen molar-refractivity contribution in [3.8, 4) is 5.69 Å². The summed E-state index contributed by atoms with van der Waals surface area (Å²) in [5.74, 6) is 0.681. The summed E-state index contributed by atoms with van der Waals surface area (Å²) < 4.78 is 1.74. The Balaban J connectivity index is 2.16. The first kappa shape index (κ1) is 10.6. The van der Waals surface area contributed by atoms with Crippen LogP contribution in [-0.4, -0.2) is 16.3 Å². The van der Waals surface area contributed by atoms with Gasteiger partial charge in [0.1, 0.15) is 5.82 Å². The van der Waals surface area contributed by atoms with E-state index < -0.39 is 0 Å². The van der Waals surface area contributed by atoms with Crippen LogP contribution in [0.2, 0.25) is 5.02 Å². The Kier molecular flexibility index (Phi) is 2.53. The summed E-state index contributed by atoms with van der Waals surface area (Å²) in [7, 11) is 0. The molecule has 0 saturated heterocycles. The Hall–Kier alpha value is -1.52. The molecule has 3 rings (SSSR count). The molecule has 0 amide bonds. The normalized spacial score (nSPS) is 14.6. The van der Waals surface area contributed by atoms with Crippen LogP contribution in [0.5, 0.6) is 0 Å². The Morgan fingerprint density at radius 3 is 2.94 bits per heavy atom. The first-order valence-corrected chi connectivity index (χ1v) is 5.97. The van der Waals surface area contributed by atoms with Gasteiger partial charge in [0.25, 0.3) is 0 Å². The smallest absolute Gasteiger partial charge is 0.132 e. The van der Waals surface area contributed by atoms with Gasteiger partial charge in [-0.15, -0.1) is 0 Å². The summed E-state index contributed by atoms with van der Waals surface area (Å²) in [5.41, 5.74) is 9.13. The van der Waals surface area contributed by atoms with Crippen molar-refractivity contribution < 1.29 is 0 Å². The van der Waals surface area contributed by atoms with Gasteiger partial charge in [0.15, 0.2) is 0 Å². The number of nitrogens with one attached hydrogen (secondary N) is 1. The van der Waals surface area contributed by atoms with E-state index in [1.165, 1.54) is 0 Å². The number of nitrogens with zero attached hydrogens (tertiary/aromatic N) is 2. The van der Waals surface area contributed by atoms with Crippen LogP contribution in [0.25, 0.3) is 5.69 Å². The third-order valence-electron chi connectivity index (χ3n) is 3.03. The number of benzene rings is 1. The summed E-state index contributed by atoms with van der Waals surface area (Å²) in [5, 5.41) is 8.50. The number of hydrogen-bond acceptors (Lipinski definition) is 3. The van der Waals surface area contributed by atoms with Gasteiger partial charge in [-0.3, -0.25) is 0 Å². The van der Waals surface area contributed by atoms with Crippen molar-refractivity contribution in [2.75, 3.05) is 12.3 Å². The molecule has 0 unspecified atom stereocenters.